The van der Waals surface area contributed by atoms with E-state index in [0.717, 1.165) is 0 Å². The highest BCUT2D eigenvalue weighted by molar-refractivity contribution is 6.42. The molecule has 1 aliphatic heterocycles. The minimum absolute atomic E-state index is 0.188. The van der Waals surface area contributed by atoms with E-state index in [1.807, 2.05) is 0 Å². The summed E-state index contributed by atoms with van der Waals surface area (Å²) < 4.78 is 10.5. The van der Waals surface area contributed by atoms with Gasteiger partial charge in [0.15, 0.2) is 6.29 Å². The Kier molecular flexibility index (Phi) is 4.83. The molecule has 0 aromatic heterocycles. The van der Waals surface area contributed by atoms with Crippen LogP contribution in [-0.2, 0) is 9.47 Å². The number of ether oxygens (including phenoxy) is 2. The number of carbonyl (C=O) groups is 1. The molecule has 18 heavy (non-hydrogen) atoms. The zero-order valence-electron chi connectivity index (χ0n) is 9.62. The molecule has 0 saturated carbocycles. The zero-order chi connectivity index (χ0) is 13.0. The summed E-state index contributed by atoms with van der Waals surface area (Å²) in [5, 5.41) is 3.57. The topological polar surface area (TPSA) is 47.6 Å². The SMILES string of the molecule is O=C(NCCC1OCCO1)c1ccc(Cl)c(Cl)c1. The van der Waals surface area contributed by atoms with Crippen molar-refractivity contribution in [2.45, 2.75) is 12.7 Å². The smallest absolute Gasteiger partial charge is 0.251 e. The average Bonchev–Trinajstić information content (AvgIpc) is 2.85. The zero-order valence-corrected chi connectivity index (χ0v) is 11.1. The molecule has 1 fully saturated rings. The maximum Gasteiger partial charge on any atom is 0.251 e. The molecule has 0 radical (unpaired) electrons. The summed E-state index contributed by atoms with van der Waals surface area (Å²) in [6.07, 6.45) is 0.423. The van der Waals surface area contributed by atoms with Crippen LogP contribution in [-0.4, -0.2) is 32.0 Å². The Morgan fingerprint density at radius 3 is 2.67 bits per heavy atom. The summed E-state index contributed by atoms with van der Waals surface area (Å²) in [5.74, 6) is -0.188. The molecular weight excluding hydrogens is 277 g/mol. The fraction of sp³-hybridized carbons (Fsp3) is 0.417. The van der Waals surface area contributed by atoms with Crippen LogP contribution >= 0.6 is 23.2 Å². The van der Waals surface area contributed by atoms with Crippen molar-refractivity contribution < 1.29 is 14.3 Å². The molecule has 1 amide bonds. The van der Waals surface area contributed by atoms with Crippen molar-refractivity contribution in [1.82, 2.24) is 5.32 Å². The number of halogens is 2. The molecule has 1 heterocycles. The molecule has 1 aromatic carbocycles. The average molecular weight is 290 g/mol. The molecule has 98 valence electrons. The van der Waals surface area contributed by atoms with Gasteiger partial charge in [0.2, 0.25) is 0 Å². The van der Waals surface area contributed by atoms with Crippen molar-refractivity contribution in [3.05, 3.63) is 33.8 Å². The summed E-state index contributed by atoms with van der Waals surface area (Å²) in [6.45, 7) is 1.72. The van der Waals surface area contributed by atoms with E-state index in [4.69, 9.17) is 32.7 Å². The largest absolute Gasteiger partial charge is 0.352 e. The standard InChI is InChI=1S/C12H13Cl2NO3/c13-9-2-1-8(7-10(9)14)12(16)15-4-3-11-17-5-6-18-11/h1-2,7,11H,3-6H2,(H,15,16). The van der Waals surface area contributed by atoms with Crippen molar-refractivity contribution in [1.29, 1.82) is 0 Å². The Hall–Kier alpha value is -0.810. The van der Waals surface area contributed by atoms with Gasteiger partial charge in [0, 0.05) is 18.5 Å². The third-order valence-electron chi connectivity index (χ3n) is 2.54. The van der Waals surface area contributed by atoms with Crippen LogP contribution in [0.25, 0.3) is 0 Å². The molecule has 6 heteroatoms. The monoisotopic (exact) mass is 289 g/mol. The Morgan fingerprint density at radius 2 is 2.00 bits per heavy atom. The molecule has 4 nitrogen and oxygen atoms in total. The van der Waals surface area contributed by atoms with Gasteiger partial charge < -0.3 is 14.8 Å². The van der Waals surface area contributed by atoms with E-state index < -0.39 is 0 Å². The van der Waals surface area contributed by atoms with Gasteiger partial charge in [-0.15, -0.1) is 0 Å². The van der Waals surface area contributed by atoms with Crippen LogP contribution in [0.15, 0.2) is 18.2 Å². The minimum atomic E-state index is -0.209. The van der Waals surface area contributed by atoms with E-state index >= 15 is 0 Å². The van der Waals surface area contributed by atoms with E-state index in [1.165, 1.54) is 0 Å². The van der Waals surface area contributed by atoms with E-state index in [1.54, 1.807) is 18.2 Å². The molecule has 0 atom stereocenters. The Balaban J connectivity index is 1.81. The Morgan fingerprint density at radius 1 is 1.28 bits per heavy atom. The minimum Gasteiger partial charge on any atom is -0.352 e. The highest BCUT2D eigenvalue weighted by Crippen LogP contribution is 2.22. The van der Waals surface area contributed by atoms with Crippen LogP contribution in [0.4, 0.5) is 0 Å². The summed E-state index contributed by atoms with van der Waals surface area (Å²) in [4.78, 5) is 11.8. The molecule has 1 saturated heterocycles. The fourth-order valence-corrected chi connectivity index (χ4v) is 1.91. The maximum atomic E-state index is 11.8. The predicted molar refractivity (Wildman–Crippen MR) is 69.1 cm³/mol. The van der Waals surface area contributed by atoms with E-state index in [2.05, 4.69) is 5.32 Å². The lowest BCUT2D eigenvalue weighted by Gasteiger charge is -2.10. The van der Waals surface area contributed by atoms with Crippen molar-refractivity contribution in [3.63, 3.8) is 0 Å². The molecule has 1 aliphatic rings. The molecular formula is C12H13Cl2NO3. The van der Waals surface area contributed by atoms with Gasteiger partial charge in [-0.25, -0.2) is 0 Å². The lowest BCUT2D eigenvalue weighted by atomic mass is 10.2. The molecule has 1 aromatic rings. The van der Waals surface area contributed by atoms with E-state index in [0.29, 0.717) is 41.8 Å². The summed E-state index contributed by atoms with van der Waals surface area (Å²) in [6, 6.07) is 4.77. The van der Waals surface area contributed by atoms with Crippen LogP contribution in [0.3, 0.4) is 0 Å². The second-order valence-corrected chi connectivity index (χ2v) is 4.66. The quantitative estimate of drug-likeness (QED) is 0.926. The van der Waals surface area contributed by atoms with E-state index in [9.17, 15) is 4.79 Å². The van der Waals surface area contributed by atoms with Gasteiger partial charge in [0.05, 0.1) is 23.3 Å². The normalized spacial score (nSPS) is 15.9. The van der Waals surface area contributed by atoms with Crippen molar-refractivity contribution in [2.24, 2.45) is 0 Å². The van der Waals surface area contributed by atoms with Gasteiger partial charge >= 0.3 is 0 Å². The third-order valence-corrected chi connectivity index (χ3v) is 3.28. The summed E-state index contributed by atoms with van der Waals surface area (Å²) in [5.41, 5.74) is 0.484. The van der Waals surface area contributed by atoms with Crippen molar-refractivity contribution in [3.8, 4) is 0 Å². The van der Waals surface area contributed by atoms with Crippen LogP contribution < -0.4 is 5.32 Å². The van der Waals surface area contributed by atoms with Gasteiger partial charge in [0.25, 0.3) is 5.91 Å². The van der Waals surface area contributed by atoms with E-state index in [-0.39, 0.29) is 12.2 Å². The number of amides is 1. The predicted octanol–water partition coefficient (Wildman–Crippen LogP) is 2.49. The van der Waals surface area contributed by atoms with Crippen molar-refractivity contribution in [2.75, 3.05) is 19.8 Å². The van der Waals surface area contributed by atoms with Gasteiger partial charge in [-0.05, 0) is 18.2 Å². The number of benzene rings is 1. The van der Waals surface area contributed by atoms with Gasteiger partial charge in [0.1, 0.15) is 0 Å². The molecule has 0 aliphatic carbocycles. The molecule has 0 bridgehead atoms. The number of hydrogen-bond donors (Lipinski definition) is 1. The van der Waals surface area contributed by atoms with Crippen molar-refractivity contribution >= 4 is 29.1 Å². The number of hydrogen-bond acceptors (Lipinski definition) is 3. The first kappa shape index (κ1) is 13.6. The number of nitrogens with one attached hydrogen (secondary N) is 1. The Bertz CT molecular complexity index is 433. The second-order valence-electron chi connectivity index (χ2n) is 3.84. The summed E-state index contributed by atoms with van der Waals surface area (Å²) >= 11 is 11.6. The fourth-order valence-electron chi connectivity index (χ4n) is 1.62. The van der Waals surface area contributed by atoms with Crippen LogP contribution in [0.1, 0.15) is 16.8 Å². The first-order valence-corrected chi connectivity index (χ1v) is 6.39. The molecule has 2 rings (SSSR count). The Labute approximate surface area is 115 Å². The lowest BCUT2D eigenvalue weighted by molar-refractivity contribution is -0.0455. The van der Waals surface area contributed by atoms with Crippen LogP contribution in [0.5, 0.6) is 0 Å². The second kappa shape index (κ2) is 6.38. The van der Waals surface area contributed by atoms with Crippen LogP contribution in [0, 0.1) is 0 Å². The van der Waals surface area contributed by atoms with Gasteiger partial charge in [-0.2, -0.15) is 0 Å². The third kappa shape index (κ3) is 3.59. The highest BCUT2D eigenvalue weighted by atomic mass is 35.5. The first-order chi connectivity index (χ1) is 8.66. The molecule has 0 spiro atoms. The first-order valence-electron chi connectivity index (χ1n) is 5.63. The number of rotatable bonds is 4. The summed E-state index contributed by atoms with van der Waals surface area (Å²) in [7, 11) is 0. The van der Waals surface area contributed by atoms with Crippen LogP contribution in [0.2, 0.25) is 10.0 Å². The maximum absolute atomic E-state index is 11.8. The molecule has 0 unspecified atom stereocenters. The van der Waals surface area contributed by atoms with Gasteiger partial charge in [-0.3, -0.25) is 4.79 Å². The van der Waals surface area contributed by atoms with Gasteiger partial charge in [-0.1, -0.05) is 23.2 Å². The molecule has 1 N–H and O–H groups in total. The lowest BCUT2D eigenvalue weighted by Crippen LogP contribution is -2.27. The highest BCUT2D eigenvalue weighted by Gasteiger charge is 2.16. The number of carbonyl (C=O) groups excluding carboxylic acids is 1.